The predicted molar refractivity (Wildman–Crippen MR) is 47.8 cm³/mol. The molecule has 1 unspecified atom stereocenters. The molecule has 0 aromatic rings. The zero-order valence-corrected chi connectivity index (χ0v) is 8.01. The molecule has 1 aliphatic carbocycles. The Morgan fingerprint density at radius 2 is 2.25 bits per heavy atom. The maximum absolute atomic E-state index is 10.9. The topological polar surface area (TPSA) is 26.3 Å². The van der Waals surface area contributed by atoms with Crippen LogP contribution in [0.3, 0.4) is 0 Å². The Morgan fingerprint density at radius 1 is 1.50 bits per heavy atom. The lowest BCUT2D eigenvalue weighted by Crippen LogP contribution is -2.01. The highest BCUT2D eigenvalue weighted by Crippen LogP contribution is 2.44. The third kappa shape index (κ3) is 2.84. The third-order valence-electron chi connectivity index (χ3n) is 2.65. The van der Waals surface area contributed by atoms with Crippen molar-refractivity contribution in [3.63, 3.8) is 0 Å². The van der Waals surface area contributed by atoms with E-state index in [2.05, 4.69) is 11.7 Å². The highest BCUT2D eigenvalue weighted by atomic mass is 16.5. The van der Waals surface area contributed by atoms with Crippen molar-refractivity contribution in [2.45, 2.75) is 39.0 Å². The Balaban J connectivity index is 2.04. The highest BCUT2D eigenvalue weighted by molar-refractivity contribution is 5.69. The van der Waals surface area contributed by atoms with Gasteiger partial charge in [-0.25, -0.2) is 0 Å². The van der Waals surface area contributed by atoms with Crippen LogP contribution in [0, 0.1) is 11.8 Å². The molecule has 2 heteroatoms. The summed E-state index contributed by atoms with van der Waals surface area (Å²) in [7, 11) is 1.46. The van der Waals surface area contributed by atoms with Gasteiger partial charge in [-0.05, 0) is 18.3 Å². The Bertz CT molecular complexity index is 154. The number of unbranched alkanes of at least 4 members (excludes halogenated alkanes) is 1. The van der Waals surface area contributed by atoms with Crippen molar-refractivity contribution in [3.05, 3.63) is 0 Å². The summed E-state index contributed by atoms with van der Waals surface area (Å²) in [4.78, 5) is 10.9. The van der Waals surface area contributed by atoms with Crippen molar-refractivity contribution < 1.29 is 9.53 Å². The van der Waals surface area contributed by atoms with Crippen molar-refractivity contribution in [3.8, 4) is 0 Å². The first-order valence-electron chi connectivity index (χ1n) is 4.84. The lowest BCUT2D eigenvalue weighted by Gasteiger charge is -1.97. The Morgan fingerprint density at radius 3 is 2.83 bits per heavy atom. The van der Waals surface area contributed by atoms with E-state index in [9.17, 15) is 4.79 Å². The normalized spacial score (nSPS) is 26.8. The summed E-state index contributed by atoms with van der Waals surface area (Å²) in [6.07, 6.45) is 5.77. The maximum Gasteiger partial charge on any atom is 0.305 e. The van der Waals surface area contributed by atoms with Crippen molar-refractivity contribution in [1.29, 1.82) is 0 Å². The fourth-order valence-corrected chi connectivity index (χ4v) is 1.68. The van der Waals surface area contributed by atoms with Crippen molar-refractivity contribution in [1.82, 2.24) is 0 Å². The van der Waals surface area contributed by atoms with Crippen LogP contribution in [0.1, 0.15) is 39.0 Å². The van der Waals surface area contributed by atoms with Crippen LogP contribution in [0.4, 0.5) is 0 Å². The number of hydrogen-bond acceptors (Lipinski definition) is 2. The number of esters is 1. The van der Waals surface area contributed by atoms with Gasteiger partial charge in [-0.3, -0.25) is 4.79 Å². The molecule has 0 saturated heterocycles. The molecule has 0 heterocycles. The van der Waals surface area contributed by atoms with Crippen LogP contribution in [0.15, 0.2) is 0 Å². The second-order valence-electron chi connectivity index (χ2n) is 3.68. The monoisotopic (exact) mass is 170 g/mol. The quantitative estimate of drug-likeness (QED) is 0.592. The van der Waals surface area contributed by atoms with Crippen LogP contribution in [0.5, 0.6) is 0 Å². The summed E-state index contributed by atoms with van der Waals surface area (Å²) in [5, 5.41) is 0. The Labute approximate surface area is 74.3 Å². The third-order valence-corrected chi connectivity index (χ3v) is 2.65. The zero-order chi connectivity index (χ0) is 8.97. The van der Waals surface area contributed by atoms with Crippen LogP contribution in [-0.2, 0) is 9.53 Å². The van der Waals surface area contributed by atoms with E-state index < -0.39 is 0 Å². The number of ether oxygens (including phenoxy) is 1. The van der Waals surface area contributed by atoms with E-state index >= 15 is 0 Å². The SMILES string of the molecule is CCCC[C@@H]1CC1CC(=O)OC. The first kappa shape index (κ1) is 9.56. The highest BCUT2D eigenvalue weighted by Gasteiger charge is 2.37. The van der Waals surface area contributed by atoms with Crippen molar-refractivity contribution >= 4 is 5.97 Å². The van der Waals surface area contributed by atoms with Crippen LogP contribution in [-0.4, -0.2) is 13.1 Å². The second-order valence-corrected chi connectivity index (χ2v) is 3.68. The molecule has 0 aliphatic heterocycles. The average molecular weight is 170 g/mol. The van der Waals surface area contributed by atoms with Crippen molar-refractivity contribution in [2.75, 3.05) is 7.11 Å². The molecule has 1 rings (SSSR count). The van der Waals surface area contributed by atoms with E-state index in [0.29, 0.717) is 12.3 Å². The van der Waals surface area contributed by atoms with E-state index in [1.54, 1.807) is 0 Å². The van der Waals surface area contributed by atoms with Gasteiger partial charge in [0.15, 0.2) is 0 Å². The van der Waals surface area contributed by atoms with E-state index in [0.717, 1.165) is 5.92 Å². The van der Waals surface area contributed by atoms with Gasteiger partial charge in [-0.2, -0.15) is 0 Å². The Kier molecular flexibility index (Phi) is 3.57. The molecular weight excluding hydrogens is 152 g/mol. The van der Waals surface area contributed by atoms with Gasteiger partial charge in [-0.15, -0.1) is 0 Å². The molecule has 0 radical (unpaired) electrons. The molecule has 0 spiro atoms. The molecule has 0 aromatic heterocycles. The fraction of sp³-hybridized carbons (Fsp3) is 0.900. The number of methoxy groups -OCH3 is 1. The van der Waals surface area contributed by atoms with Crippen LogP contribution < -0.4 is 0 Å². The van der Waals surface area contributed by atoms with Gasteiger partial charge in [0.2, 0.25) is 0 Å². The largest absolute Gasteiger partial charge is 0.469 e. The fourth-order valence-electron chi connectivity index (χ4n) is 1.68. The summed E-state index contributed by atoms with van der Waals surface area (Å²) in [6, 6.07) is 0. The molecule has 0 N–H and O–H groups in total. The average Bonchev–Trinajstić information content (AvgIpc) is 2.80. The number of carbonyl (C=O) groups excluding carboxylic acids is 1. The van der Waals surface area contributed by atoms with Gasteiger partial charge < -0.3 is 4.74 Å². The molecule has 1 aliphatic rings. The van der Waals surface area contributed by atoms with Gasteiger partial charge in [0.25, 0.3) is 0 Å². The van der Waals surface area contributed by atoms with Crippen LogP contribution >= 0.6 is 0 Å². The summed E-state index contributed by atoms with van der Waals surface area (Å²) >= 11 is 0. The van der Waals surface area contributed by atoms with E-state index in [4.69, 9.17) is 0 Å². The summed E-state index contributed by atoms with van der Waals surface area (Å²) in [5.74, 6) is 1.42. The molecule has 1 saturated carbocycles. The van der Waals surface area contributed by atoms with Crippen LogP contribution in [0.2, 0.25) is 0 Å². The molecular formula is C10H18O2. The molecule has 70 valence electrons. The Hall–Kier alpha value is -0.530. The first-order valence-corrected chi connectivity index (χ1v) is 4.84. The smallest absolute Gasteiger partial charge is 0.305 e. The lowest BCUT2D eigenvalue weighted by atomic mass is 10.1. The van der Waals surface area contributed by atoms with Gasteiger partial charge >= 0.3 is 5.97 Å². The number of carbonyl (C=O) groups is 1. The van der Waals surface area contributed by atoms with Gasteiger partial charge in [0.1, 0.15) is 0 Å². The van der Waals surface area contributed by atoms with E-state index in [-0.39, 0.29) is 5.97 Å². The van der Waals surface area contributed by atoms with Crippen LogP contribution in [0.25, 0.3) is 0 Å². The van der Waals surface area contributed by atoms with Crippen molar-refractivity contribution in [2.24, 2.45) is 11.8 Å². The summed E-state index contributed by atoms with van der Waals surface area (Å²) in [5.41, 5.74) is 0. The second kappa shape index (κ2) is 4.48. The molecule has 1 fully saturated rings. The van der Waals surface area contributed by atoms with Gasteiger partial charge in [0, 0.05) is 6.42 Å². The molecule has 0 aromatic carbocycles. The lowest BCUT2D eigenvalue weighted by molar-refractivity contribution is -0.141. The number of hydrogen-bond donors (Lipinski definition) is 0. The van der Waals surface area contributed by atoms with E-state index in [1.807, 2.05) is 0 Å². The minimum atomic E-state index is -0.0426. The minimum Gasteiger partial charge on any atom is -0.469 e. The first-order chi connectivity index (χ1) is 5.77. The molecule has 12 heavy (non-hydrogen) atoms. The molecule has 2 nitrogen and oxygen atoms in total. The molecule has 2 atom stereocenters. The molecule has 0 amide bonds. The summed E-state index contributed by atoms with van der Waals surface area (Å²) < 4.78 is 4.61. The predicted octanol–water partition coefficient (Wildman–Crippen LogP) is 2.38. The minimum absolute atomic E-state index is 0.0426. The number of rotatable bonds is 5. The van der Waals surface area contributed by atoms with Gasteiger partial charge in [0.05, 0.1) is 7.11 Å². The zero-order valence-electron chi connectivity index (χ0n) is 8.01. The standard InChI is InChI=1S/C10H18O2/c1-3-4-5-8-6-9(8)7-10(11)12-2/h8-9H,3-7H2,1-2H3/t8-,9?/m1/s1. The maximum atomic E-state index is 10.9. The summed E-state index contributed by atoms with van der Waals surface area (Å²) in [6.45, 7) is 2.21. The van der Waals surface area contributed by atoms with E-state index in [1.165, 1.54) is 32.8 Å². The molecule has 0 bridgehead atoms. The van der Waals surface area contributed by atoms with Gasteiger partial charge in [-0.1, -0.05) is 26.2 Å².